The number of hydrogen-bond acceptors (Lipinski definition) is 3. The van der Waals surface area contributed by atoms with Gasteiger partial charge in [-0.15, -0.1) is 0 Å². The summed E-state index contributed by atoms with van der Waals surface area (Å²) in [6, 6.07) is 20.7. The third-order valence-electron chi connectivity index (χ3n) is 3.97. The Balaban J connectivity index is 1.73. The maximum absolute atomic E-state index is 12.8. The maximum atomic E-state index is 12.8. The van der Waals surface area contributed by atoms with Gasteiger partial charge in [-0.2, -0.15) is 5.10 Å². The van der Waals surface area contributed by atoms with Crippen molar-refractivity contribution in [1.82, 2.24) is 9.78 Å². The molecule has 26 heavy (non-hydrogen) atoms. The highest BCUT2D eigenvalue weighted by molar-refractivity contribution is 5.93. The highest BCUT2D eigenvalue weighted by atomic mass is 16.4. The van der Waals surface area contributed by atoms with E-state index in [0.717, 1.165) is 11.3 Å². The molecule has 1 aromatic heterocycles. The Bertz CT molecular complexity index is 876. The van der Waals surface area contributed by atoms with Gasteiger partial charge in [-0.1, -0.05) is 48.5 Å². The van der Waals surface area contributed by atoms with E-state index in [1.165, 1.54) is 10.7 Å². The summed E-state index contributed by atoms with van der Waals surface area (Å²) in [5.74, 6) is -1.13. The summed E-state index contributed by atoms with van der Waals surface area (Å²) >= 11 is 0. The van der Waals surface area contributed by atoms with Crippen molar-refractivity contribution in [2.24, 2.45) is 0 Å². The number of carboxylic acids is 1. The van der Waals surface area contributed by atoms with Crippen LogP contribution in [0.4, 0.5) is 5.69 Å². The van der Waals surface area contributed by atoms with Crippen molar-refractivity contribution in [3.8, 4) is 0 Å². The molecule has 3 aromatic rings. The molecule has 0 spiro atoms. The fourth-order valence-electron chi connectivity index (χ4n) is 2.64. The van der Waals surface area contributed by atoms with E-state index in [2.05, 4.69) is 5.10 Å². The smallest absolute Gasteiger partial charge is 0.356 e. The quantitative estimate of drug-likeness (QED) is 0.711. The number of carboxylic acid groups (broad SMARTS) is 1. The number of amides is 1. The lowest BCUT2D eigenvalue weighted by molar-refractivity contribution is -0.119. The van der Waals surface area contributed by atoms with E-state index < -0.39 is 5.97 Å². The average molecular weight is 349 g/mol. The van der Waals surface area contributed by atoms with Crippen molar-refractivity contribution < 1.29 is 14.7 Å². The third kappa shape index (κ3) is 4.36. The predicted octanol–water partition coefficient (Wildman–Crippen LogP) is 3.20. The minimum Gasteiger partial charge on any atom is -0.476 e. The van der Waals surface area contributed by atoms with Crippen LogP contribution in [0, 0.1) is 0 Å². The minimum absolute atomic E-state index is 0.0262. The van der Waals surface area contributed by atoms with Crippen molar-refractivity contribution in [1.29, 1.82) is 0 Å². The van der Waals surface area contributed by atoms with Gasteiger partial charge in [0.15, 0.2) is 5.69 Å². The number of aryl methyl sites for hydroxylation is 1. The van der Waals surface area contributed by atoms with E-state index in [4.69, 9.17) is 5.11 Å². The van der Waals surface area contributed by atoms with Gasteiger partial charge in [-0.3, -0.25) is 9.48 Å². The molecule has 6 nitrogen and oxygen atoms in total. The number of carbonyl (C=O) groups excluding carboxylic acids is 1. The predicted molar refractivity (Wildman–Crippen MR) is 97.9 cm³/mol. The van der Waals surface area contributed by atoms with Gasteiger partial charge in [0, 0.05) is 24.8 Å². The van der Waals surface area contributed by atoms with E-state index in [0.29, 0.717) is 13.1 Å². The number of para-hydroxylation sites is 1. The zero-order valence-electron chi connectivity index (χ0n) is 14.2. The summed E-state index contributed by atoms with van der Waals surface area (Å²) in [6.07, 6.45) is 1.79. The van der Waals surface area contributed by atoms with E-state index in [-0.39, 0.29) is 18.0 Å². The molecule has 0 saturated heterocycles. The molecule has 0 saturated carbocycles. The summed E-state index contributed by atoms with van der Waals surface area (Å²) in [4.78, 5) is 25.5. The number of rotatable bonds is 7. The maximum Gasteiger partial charge on any atom is 0.356 e. The second-order valence-electron chi connectivity index (χ2n) is 5.82. The molecule has 0 aliphatic carbocycles. The summed E-state index contributed by atoms with van der Waals surface area (Å²) in [7, 11) is 0. The van der Waals surface area contributed by atoms with Crippen LogP contribution in [0.15, 0.2) is 72.9 Å². The van der Waals surface area contributed by atoms with Crippen LogP contribution in [-0.2, 0) is 17.9 Å². The molecule has 0 bridgehead atoms. The van der Waals surface area contributed by atoms with Crippen LogP contribution < -0.4 is 4.90 Å². The van der Waals surface area contributed by atoms with Gasteiger partial charge in [0.05, 0.1) is 6.54 Å². The lowest BCUT2D eigenvalue weighted by atomic mass is 10.2. The van der Waals surface area contributed by atoms with Crippen LogP contribution >= 0.6 is 0 Å². The van der Waals surface area contributed by atoms with E-state index >= 15 is 0 Å². The molecule has 0 radical (unpaired) electrons. The molecule has 0 unspecified atom stereocenters. The van der Waals surface area contributed by atoms with Crippen LogP contribution in [-0.4, -0.2) is 26.8 Å². The van der Waals surface area contributed by atoms with Crippen LogP contribution in [0.3, 0.4) is 0 Å². The lowest BCUT2D eigenvalue weighted by Crippen LogP contribution is -2.31. The fraction of sp³-hybridized carbons (Fsp3) is 0.150. The summed E-state index contributed by atoms with van der Waals surface area (Å²) in [5, 5.41) is 12.9. The highest BCUT2D eigenvalue weighted by Crippen LogP contribution is 2.18. The second kappa shape index (κ2) is 8.11. The molecule has 2 aromatic carbocycles. The number of aromatic carboxylic acids is 1. The van der Waals surface area contributed by atoms with Gasteiger partial charge in [0.1, 0.15) is 0 Å². The van der Waals surface area contributed by atoms with Crippen molar-refractivity contribution in [2.45, 2.75) is 19.5 Å². The Labute approximate surface area is 151 Å². The standard InChI is InChI=1S/C20H19N3O3/c24-19(12-14-22-13-11-18(21-22)20(25)26)23(17-9-5-2-6-10-17)15-16-7-3-1-4-8-16/h1-11,13H,12,14-15H2,(H,25,26). The first-order valence-corrected chi connectivity index (χ1v) is 8.29. The Hall–Kier alpha value is -3.41. The minimum atomic E-state index is -1.08. The van der Waals surface area contributed by atoms with Crippen molar-refractivity contribution >= 4 is 17.6 Å². The van der Waals surface area contributed by atoms with E-state index in [1.54, 1.807) is 11.1 Å². The summed E-state index contributed by atoms with van der Waals surface area (Å²) in [5.41, 5.74) is 1.84. The normalized spacial score (nSPS) is 10.5. The van der Waals surface area contributed by atoms with Gasteiger partial charge in [-0.05, 0) is 23.8 Å². The molecule has 0 aliphatic heterocycles. The molecule has 132 valence electrons. The largest absolute Gasteiger partial charge is 0.476 e. The molecular weight excluding hydrogens is 330 g/mol. The number of benzene rings is 2. The Kier molecular flexibility index (Phi) is 5.43. The number of aromatic nitrogens is 2. The molecule has 1 N–H and O–H groups in total. The second-order valence-corrected chi connectivity index (χ2v) is 5.82. The molecule has 0 fully saturated rings. The monoisotopic (exact) mass is 349 g/mol. The van der Waals surface area contributed by atoms with Crippen molar-refractivity contribution in [2.75, 3.05) is 4.90 Å². The average Bonchev–Trinajstić information content (AvgIpc) is 3.15. The van der Waals surface area contributed by atoms with Crippen molar-refractivity contribution in [3.05, 3.63) is 84.2 Å². The summed E-state index contributed by atoms with van der Waals surface area (Å²) < 4.78 is 1.48. The number of carbonyl (C=O) groups is 2. The molecule has 6 heteroatoms. The Morgan fingerprint density at radius 2 is 1.62 bits per heavy atom. The highest BCUT2D eigenvalue weighted by Gasteiger charge is 2.16. The number of anilines is 1. The molecule has 3 rings (SSSR count). The first kappa shape index (κ1) is 17.4. The third-order valence-corrected chi connectivity index (χ3v) is 3.97. The van der Waals surface area contributed by atoms with Gasteiger partial charge < -0.3 is 10.0 Å². The molecule has 1 amide bonds. The van der Waals surface area contributed by atoms with E-state index in [1.807, 2.05) is 60.7 Å². The SMILES string of the molecule is O=C(O)c1ccn(CCC(=O)N(Cc2ccccc2)c2ccccc2)n1. The van der Waals surface area contributed by atoms with Crippen LogP contribution in [0.5, 0.6) is 0 Å². The van der Waals surface area contributed by atoms with Gasteiger partial charge in [0.2, 0.25) is 5.91 Å². The van der Waals surface area contributed by atoms with Crippen LogP contribution in [0.25, 0.3) is 0 Å². The van der Waals surface area contributed by atoms with Crippen molar-refractivity contribution in [3.63, 3.8) is 0 Å². The zero-order chi connectivity index (χ0) is 18.4. The Morgan fingerprint density at radius 1 is 0.962 bits per heavy atom. The number of hydrogen-bond donors (Lipinski definition) is 1. The summed E-state index contributed by atoms with van der Waals surface area (Å²) in [6.45, 7) is 0.799. The van der Waals surface area contributed by atoms with E-state index in [9.17, 15) is 9.59 Å². The molecule has 0 aliphatic rings. The van der Waals surface area contributed by atoms with Gasteiger partial charge in [0.25, 0.3) is 0 Å². The van der Waals surface area contributed by atoms with Crippen LogP contribution in [0.2, 0.25) is 0 Å². The molecule has 0 atom stereocenters. The fourth-order valence-corrected chi connectivity index (χ4v) is 2.64. The topological polar surface area (TPSA) is 75.4 Å². The first-order chi connectivity index (χ1) is 12.6. The Morgan fingerprint density at radius 3 is 2.23 bits per heavy atom. The molecule has 1 heterocycles. The first-order valence-electron chi connectivity index (χ1n) is 8.29. The van der Waals surface area contributed by atoms with Gasteiger partial charge >= 0.3 is 5.97 Å². The molecular formula is C20H19N3O3. The lowest BCUT2D eigenvalue weighted by Gasteiger charge is -2.23. The van der Waals surface area contributed by atoms with Crippen LogP contribution in [0.1, 0.15) is 22.5 Å². The number of nitrogens with zero attached hydrogens (tertiary/aromatic N) is 3. The van der Waals surface area contributed by atoms with Gasteiger partial charge in [-0.25, -0.2) is 4.79 Å². The zero-order valence-corrected chi connectivity index (χ0v) is 14.2.